The molecule has 3 N–H and O–H groups in total. The maximum absolute atomic E-state index is 12.0. The van der Waals surface area contributed by atoms with E-state index < -0.39 is 0 Å². The van der Waals surface area contributed by atoms with Gasteiger partial charge in [0.05, 0.1) is 0 Å². The van der Waals surface area contributed by atoms with Crippen molar-refractivity contribution in [2.24, 2.45) is 0 Å². The molecule has 20 heavy (non-hydrogen) atoms. The number of aromatic nitrogens is 2. The molecular weight excluding hydrogens is 254 g/mol. The van der Waals surface area contributed by atoms with E-state index in [1.165, 1.54) is 6.20 Å². The lowest BCUT2D eigenvalue weighted by molar-refractivity contribution is 0.0951. The number of carbonyl (C=O) groups is 1. The first kappa shape index (κ1) is 13.8. The Balaban J connectivity index is 2.07. The lowest BCUT2D eigenvalue weighted by Gasteiger charge is -2.16. The molecule has 2 rings (SSSR count). The van der Waals surface area contributed by atoms with Gasteiger partial charge in [-0.15, -0.1) is 0 Å². The summed E-state index contributed by atoms with van der Waals surface area (Å²) in [5.41, 5.74) is 7.00. The van der Waals surface area contributed by atoms with Crippen LogP contribution in [0.2, 0.25) is 0 Å². The van der Waals surface area contributed by atoms with E-state index in [2.05, 4.69) is 15.3 Å². The molecule has 0 unspecified atom stereocenters. The van der Waals surface area contributed by atoms with Crippen LogP contribution in [0, 0.1) is 0 Å². The van der Waals surface area contributed by atoms with E-state index in [1.54, 1.807) is 18.3 Å². The first-order chi connectivity index (χ1) is 9.58. The minimum Gasteiger partial charge on any atom is -0.384 e. The lowest BCUT2D eigenvalue weighted by atomic mass is 10.2. The molecule has 6 nitrogen and oxygen atoms in total. The maximum atomic E-state index is 12.0. The summed E-state index contributed by atoms with van der Waals surface area (Å²) in [7, 11) is 3.83. The number of carbonyl (C=O) groups excluding carboxylic acids is 1. The fraction of sp³-hybridized carbons (Fsp3) is 0.214. The van der Waals surface area contributed by atoms with Crippen LogP contribution in [-0.4, -0.2) is 30.0 Å². The van der Waals surface area contributed by atoms with Crippen molar-refractivity contribution in [2.75, 3.05) is 24.7 Å². The van der Waals surface area contributed by atoms with Gasteiger partial charge in [0.1, 0.15) is 11.6 Å². The van der Waals surface area contributed by atoms with Crippen LogP contribution in [-0.2, 0) is 6.54 Å². The van der Waals surface area contributed by atoms with Crippen LogP contribution in [0.5, 0.6) is 0 Å². The third kappa shape index (κ3) is 3.23. The van der Waals surface area contributed by atoms with E-state index in [4.69, 9.17) is 5.73 Å². The van der Waals surface area contributed by atoms with Crippen LogP contribution < -0.4 is 16.0 Å². The highest BCUT2D eigenvalue weighted by Crippen LogP contribution is 2.14. The van der Waals surface area contributed by atoms with Crippen LogP contribution in [0.3, 0.4) is 0 Å². The van der Waals surface area contributed by atoms with Crippen molar-refractivity contribution < 1.29 is 4.79 Å². The number of nitrogens with two attached hydrogens (primary N) is 1. The summed E-state index contributed by atoms with van der Waals surface area (Å²) in [5, 5.41) is 2.85. The minimum atomic E-state index is -0.187. The molecule has 0 aliphatic carbocycles. The van der Waals surface area contributed by atoms with Gasteiger partial charge in [-0.25, -0.2) is 9.97 Å². The average Bonchev–Trinajstić information content (AvgIpc) is 2.45. The molecule has 0 radical (unpaired) electrons. The van der Waals surface area contributed by atoms with E-state index in [9.17, 15) is 4.79 Å². The van der Waals surface area contributed by atoms with E-state index in [0.717, 1.165) is 11.4 Å². The van der Waals surface area contributed by atoms with Gasteiger partial charge in [0.25, 0.3) is 5.91 Å². The Labute approximate surface area is 117 Å². The zero-order valence-electron chi connectivity index (χ0n) is 11.5. The summed E-state index contributed by atoms with van der Waals surface area (Å²) < 4.78 is 0. The Hall–Kier alpha value is -2.63. The normalized spacial score (nSPS) is 10.1. The number of pyridine rings is 2. The van der Waals surface area contributed by atoms with Crippen molar-refractivity contribution >= 4 is 17.5 Å². The number of nitrogens with one attached hydrogen (secondary N) is 1. The van der Waals surface area contributed by atoms with Crippen molar-refractivity contribution in [3.63, 3.8) is 0 Å². The number of anilines is 2. The predicted molar refractivity (Wildman–Crippen MR) is 78.4 cm³/mol. The molecular formula is C14H17N5O. The van der Waals surface area contributed by atoms with Crippen LogP contribution in [0.25, 0.3) is 0 Å². The van der Waals surface area contributed by atoms with Gasteiger partial charge in [0.15, 0.2) is 0 Å². The summed E-state index contributed by atoms with van der Waals surface area (Å²) >= 11 is 0. The molecule has 0 saturated heterocycles. The molecule has 6 heteroatoms. The van der Waals surface area contributed by atoms with E-state index in [-0.39, 0.29) is 5.91 Å². The molecule has 0 fully saturated rings. The molecule has 0 spiro atoms. The first-order valence-electron chi connectivity index (χ1n) is 6.19. The van der Waals surface area contributed by atoms with Gasteiger partial charge in [-0.3, -0.25) is 4.79 Å². The molecule has 0 bridgehead atoms. The van der Waals surface area contributed by atoms with Crippen molar-refractivity contribution in [2.45, 2.75) is 6.54 Å². The van der Waals surface area contributed by atoms with Crippen LogP contribution in [0.15, 0.2) is 36.7 Å². The van der Waals surface area contributed by atoms with Gasteiger partial charge in [-0.05, 0) is 18.2 Å². The molecule has 2 aromatic heterocycles. The Bertz CT molecular complexity index is 612. The summed E-state index contributed by atoms with van der Waals surface area (Å²) in [5.74, 6) is 0.975. The van der Waals surface area contributed by atoms with Crippen molar-refractivity contribution in [1.82, 2.24) is 15.3 Å². The summed E-state index contributed by atoms with van der Waals surface area (Å²) in [6, 6.07) is 6.95. The summed E-state index contributed by atoms with van der Waals surface area (Å²) in [4.78, 5) is 22.1. The molecule has 0 aromatic carbocycles. The number of amides is 1. The smallest absolute Gasteiger partial charge is 0.251 e. The third-order valence-electron chi connectivity index (χ3n) is 2.77. The summed E-state index contributed by atoms with van der Waals surface area (Å²) in [6.07, 6.45) is 3.24. The molecule has 2 aromatic rings. The van der Waals surface area contributed by atoms with Gasteiger partial charge in [0.2, 0.25) is 0 Å². The Kier molecular flexibility index (Phi) is 4.14. The van der Waals surface area contributed by atoms with Crippen LogP contribution in [0.4, 0.5) is 11.6 Å². The number of hydrogen-bond donors (Lipinski definition) is 2. The molecule has 2 heterocycles. The second kappa shape index (κ2) is 6.01. The predicted octanol–water partition coefficient (Wildman–Crippen LogP) is 1.05. The standard InChI is InChI=1S/C14H17N5O/c1-19(2)13-11(4-3-6-17-13)9-18-14(20)10-5-7-16-12(15)8-10/h3-8H,9H2,1-2H3,(H2,15,16)(H,18,20). The highest BCUT2D eigenvalue weighted by Gasteiger charge is 2.09. The van der Waals surface area contributed by atoms with Crippen LogP contribution >= 0.6 is 0 Å². The molecule has 1 amide bonds. The van der Waals surface area contributed by atoms with Crippen molar-refractivity contribution in [3.05, 3.63) is 47.8 Å². The third-order valence-corrected chi connectivity index (χ3v) is 2.77. The Morgan fingerprint density at radius 3 is 2.80 bits per heavy atom. The van der Waals surface area contributed by atoms with Gasteiger partial charge < -0.3 is 16.0 Å². The molecule has 0 aliphatic heterocycles. The molecule has 0 aliphatic rings. The largest absolute Gasteiger partial charge is 0.384 e. The number of hydrogen-bond acceptors (Lipinski definition) is 5. The average molecular weight is 271 g/mol. The van der Waals surface area contributed by atoms with E-state index in [1.807, 2.05) is 31.1 Å². The topological polar surface area (TPSA) is 84.1 Å². The Morgan fingerprint density at radius 1 is 1.30 bits per heavy atom. The van der Waals surface area contributed by atoms with Crippen molar-refractivity contribution in [3.8, 4) is 0 Å². The second-order valence-corrected chi connectivity index (χ2v) is 4.53. The quantitative estimate of drug-likeness (QED) is 0.868. The zero-order valence-corrected chi connectivity index (χ0v) is 11.5. The summed E-state index contributed by atoms with van der Waals surface area (Å²) in [6.45, 7) is 0.405. The van der Waals surface area contributed by atoms with Gasteiger partial charge in [0, 0.05) is 44.2 Å². The lowest BCUT2D eigenvalue weighted by Crippen LogP contribution is -2.24. The fourth-order valence-corrected chi connectivity index (χ4v) is 1.84. The molecule has 0 saturated carbocycles. The van der Waals surface area contributed by atoms with E-state index in [0.29, 0.717) is 17.9 Å². The SMILES string of the molecule is CN(C)c1ncccc1CNC(=O)c1ccnc(N)c1. The first-order valence-corrected chi connectivity index (χ1v) is 6.19. The van der Waals surface area contributed by atoms with Crippen LogP contribution in [0.1, 0.15) is 15.9 Å². The fourth-order valence-electron chi connectivity index (χ4n) is 1.84. The second-order valence-electron chi connectivity index (χ2n) is 4.53. The number of rotatable bonds is 4. The Morgan fingerprint density at radius 2 is 2.10 bits per heavy atom. The number of nitrogens with zero attached hydrogens (tertiary/aromatic N) is 3. The van der Waals surface area contributed by atoms with Gasteiger partial charge in [-0.2, -0.15) is 0 Å². The molecule has 104 valence electrons. The van der Waals surface area contributed by atoms with E-state index >= 15 is 0 Å². The van der Waals surface area contributed by atoms with Crippen molar-refractivity contribution in [1.29, 1.82) is 0 Å². The maximum Gasteiger partial charge on any atom is 0.251 e. The monoisotopic (exact) mass is 271 g/mol. The zero-order chi connectivity index (χ0) is 14.5. The highest BCUT2D eigenvalue weighted by atomic mass is 16.1. The molecule has 0 atom stereocenters. The van der Waals surface area contributed by atoms with Gasteiger partial charge >= 0.3 is 0 Å². The minimum absolute atomic E-state index is 0.187. The highest BCUT2D eigenvalue weighted by molar-refractivity contribution is 5.94. The van der Waals surface area contributed by atoms with Gasteiger partial charge in [-0.1, -0.05) is 6.07 Å². The number of nitrogen functional groups attached to an aromatic ring is 1.